The van der Waals surface area contributed by atoms with Crippen molar-refractivity contribution in [1.29, 1.82) is 0 Å². The lowest BCUT2D eigenvalue weighted by molar-refractivity contribution is 0.140. The second kappa shape index (κ2) is 6.32. The molecule has 1 fully saturated rings. The van der Waals surface area contributed by atoms with E-state index in [-0.39, 0.29) is 0 Å². The summed E-state index contributed by atoms with van der Waals surface area (Å²) in [5.74, 6) is 0.860. The lowest BCUT2D eigenvalue weighted by Crippen LogP contribution is -2.35. The molecule has 1 atom stereocenters. The lowest BCUT2D eigenvalue weighted by atomic mass is 9.93. The van der Waals surface area contributed by atoms with Crippen molar-refractivity contribution in [1.82, 2.24) is 4.90 Å². The number of thiophene rings is 1. The van der Waals surface area contributed by atoms with E-state index < -0.39 is 0 Å². The number of hydrogen-bond acceptors (Lipinski definition) is 3. The highest BCUT2D eigenvalue weighted by Crippen LogP contribution is 2.33. The van der Waals surface area contributed by atoms with Crippen molar-refractivity contribution in [3.63, 3.8) is 0 Å². The summed E-state index contributed by atoms with van der Waals surface area (Å²) in [7, 11) is 0. The van der Waals surface area contributed by atoms with E-state index in [1.54, 1.807) is 0 Å². The van der Waals surface area contributed by atoms with Crippen LogP contribution in [0.15, 0.2) is 15.9 Å². The minimum atomic E-state index is 0.560. The monoisotopic (exact) mass is 316 g/mol. The fourth-order valence-electron chi connectivity index (χ4n) is 2.60. The van der Waals surface area contributed by atoms with Crippen LogP contribution in [0.2, 0.25) is 0 Å². The van der Waals surface area contributed by atoms with Crippen LogP contribution in [0.5, 0.6) is 0 Å². The van der Waals surface area contributed by atoms with Gasteiger partial charge in [0, 0.05) is 10.9 Å². The van der Waals surface area contributed by atoms with Crippen molar-refractivity contribution < 1.29 is 0 Å². The molecule has 0 aromatic carbocycles. The highest BCUT2D eigenvalue weighted by Gasteiger charge is 2.23. The smallest absolute Gasteiger partial charge is 0.0701 e. The molecular formula is C13H21BrN2S. The molecule has 2 N–H and O–H groups in total. The second-order valence-corrected chi connectivity index (χ2v) is 7.37. The predicted octanol–water partition coefficient (Wildman–Crippen LogP) is 3.63. The number of nitrogens with two attached hydrogens (primary N) is 1. The third-order valence-corrected chi connectivity index (χ3v) is 5.57. The molecule has 0 bridgehead atoms. The van der Waals surface area contributed by atoms with Gasteiger partial charge >= 0.3 is 0 Å². The topological polar surface area (TPSA) is 29.3 Å². The average molecular weight is 317 g/mol. The third-order valence-electron chi connectivity index (χ3n) is 3.78. The summed E-state index contributed by atoms with van der Waals surface area (Å²) in [5.41, 5.74) is 5.63. The Balaban J connectivity index is 1.88. The zero-order valence-electron chi connectivity index (χ0n) is 10.4. The van der Waals surface area contributed by atoms with Crippen LogP contribution in [-0.4, -0.2) is 24.5 Å². The molecule has 17 heavy (non-hydrogen) atoms. The Morgan fingerprint density at radius 2 is 2.18 bits per heavy atom. The first kappa shape index (κ1) is 13.5. The van der Waals surface area contributed by atoms with Gasteiger partial charge in [-0.05, 0) is 79.8 Å². The summed E-state index contributed by atoms with van der Waals surface area (Å²) < 4.78 is 1.23. The molecule has 0 aliphatic carbocycles. The minimum absolute atomic E-state index is 0.560. The Morgan fingerprint density at radius 1 is 1.47 bits per heavy atom. The van der Waals surface area contributed by atoms with Gasteiger partial charge in [-0.2, -0.15) is 0 Å². The Labute approximate surface area is 116 Å². The first-order valence-electron chi connectivity index (χ1n) is 6.40. The van der Waals surface area contributed by atoms with Crippen LogP contribution in [0.1, 0.15) is 37.1 Å². The van der Waals surface area contributed by atoms with E-state index in [2.05, 4.69) is 39.9 Å². The van der Waals surface area contributed by atoms with Crippen LogP contribution in [0.4, 0.5) is 0 Å². The summed E-state index contributed by atoms with van der Waals surface area (Å²) in [6.45, 7) is 5.61. The van der Waals surface area contributed by atoms with Crippen LogP contribution in [0, 0.1) is 5.92 Å². The Bertz CT molecular complexity index is 345. The molecule has 0 radical (unpaired) electrons. The van der Waals surface area contributed by atoms with Crippen LogP contribution < -0.4 is 5.73 Å². The van der Waals surface area contributed by atoms with E-state index in [0.29, 0.717) is 6.04 Å². The Hall–Kier alpha value is 0.1000. The molecule has 1 aliphatic heterocycles. The third kappa shape index (κ3) is 3.53. The Kier molecular flexibility index (Phi) is 5.03. The van der Waals surface area contributed by atoms with E-state index in [9.17, 15) is 0 Å². The standard InChI is InChI=1S/C13H21BrN2S/c1-10(12-2-3-13(14)17-12)16-8-5-11(4-7-15)6-9-16/h2-3,10-11H,4-9,15H2,1H3. The van der Waals surface area contributed by atoms with Crippen LogP contribution in [0.3, 0.4) is 0 Å². The number of piperidine rings is 1. The molecule has 96 valence electrons. The molecule has 2 heterocycles. The van der Waals surface area contributed by atoms with Crippen molar-refractivity contribution in [3.8, 4) is 0 Å². The first-order chi connectivity index (χ1) is 8.20. The van der Waals surface area contributed by atoms with E-state index in [4.69, 9.17) is 5.73 Å². The van der Waals surface area contributed by atoms with Crippen molar-refractivity contribution in [2.45, 2.75) is 32.2 Å². The molecule has 2 rings (SSSR count). The fourth-order valence-corrected chi connectivity index (χ4v) is 4.11. The maximum Gasteiger partial charge on any atom is 0.0701 e. The normalized spacial score (nSPS) is 20.6. The van der Waals surface area contributed by atoms with Gasteiger partial charge < -0.3 is 5.73 Å². The van der Waals surface area contributed by atoms with Crippen molar-refractivity contribution in [3.05, 3.63) is 20.8 Å². The zero-order valence-corrected chi connectivity index (χ0v) is 12.8. The highest BCUT2D eigenvalue weighted by molar-refractivity contribution is 9.11. The molecule has 1 unspecified atom stereocenters. The quantitative estimate of drug-likeness (QED) is 0.919. The largest absolute Gasteiger partial charge is 0.330 e. The molecule has 1 aromatic heterocycles. The molecule has 4 heteroatoms. The van der Waals surface area contributed by atoms with Crippen molar-refractivity contribution >= 4 is 27.3 Å². The molecule has 1 aromatic rings. The summed E-state index contributed by atoms with van der Waals surface area (Å²) >= 11 is 5.40. The summed E-state index contributed by atoms with van der Waals surface area (Å²) in [6.07, 6.45) is 3.83. The first-order valence-corrected chi connectivity index (χ1v) is 8.01. The number of rotatable bonds is 4. The highest BCUT2D eigenvalue weighted by atomic mass is 79.9. The lowest BCUT2D eigenvalue weighted by Gasteiger charge is -2.35. The van der Waals surface area contributed by atoms with Crippen LogP contribution in [0.25, 0.3) is 0 Å². The summed E-state index contributed by atoms with van der Waals surface area (Å²) in [6, 6.07) is 4.95. The van der Waals surface area contributed by atoms with Gasteiger partial charge in [0.2, 0.25) is 0 Å². The van der Waals surface area contributed by atoms with Gasteiger partial charge in [-0.25, -0.2) is 0 Å². The summed E-state index contributed by atoms with van der Waals surface area (Å²) in [5, 5.41) is 0. The van der Waals surface area contributed by atoms with Crippen LogP contribution in [-0.2, 0) is 0 Å². The molecule has 1 saturated heterocycles. The maximum atomic E-state index is 5.63. The van der Waals surface area contributed by atoms with Gasteiger partial charge in [-0.3, -0.25) is 4.90 Å². The summed E-state index contributed by atoms with van der Waals surface area (Å²) in [4.78, 5) is 4.07. The van der Waals surface area contributed by atoms with Crippen molar-refractivity contribution in [2.24, 2.45) is 11.7 Å². The van der Waals surface area contributed by atoms with Gasteiger partial charge in [0.05, 0.1) is 3.79 Å². The predicted molar refractivity (Wildman–Crippen MR) is 78.4 cm³/mol. The van der Waals surface area contributed by atoms with E-state index in [1.807, 2.05) is 11.3 Å². The maximum absolute atomic E-state index is 5.63. The number of nitrogens with zero attached hydrogens (tertiary/aromatic N) is 1. The molecular weight excluding hydrogens is 296 g/mol. The minimum Gasteiger partial charge on any atom is -0.330 e. The van der Waals surface area contributed by atoms with Gasteiger partial charge in [-0.1, -0.05) is 0 Å². The molecule has 0 saturated carbocycles. The van der Waals surface area contributed by atoms with Gasteiger partial charge in [0.15, 0.2) is 0 Å². The molecule has 0 amide bonds. The zero-order chi connectivity index (χ0) is 12.3. The SMILES string of the molecule is CC(c1ccc(Br)s1)N1CCC(CCN)CC1. The van der Waals surface area contributed by atoms with Gasteiger partial charge in [0.1, 0.15) is 0 Å². The van der Waals surface area contributed by atoms with Crippen LogP contribution >= 0.6 is 27.3 Å². The van der Waals surface area contributed by atoms with Gasteiger partial charge in [0.25, 0.3) is 0 Å². The Morgan fingerprint density at radius 3 is 2.71 bits per heavy atom. The molecule has 2 nitrogen and oxygen atoms in total. The van der Waals surface area contributed by atoms with E-state index in [0.717, 1.165) is 12.5 Å². The average Bonchev–Trinajstić information content (AvgIpc) is 2.76. The number of halogens is 1. The number of likely N-dealkylation sites (tertiary alicyclic amines) is 1. The van der Waals surface area contributed by atoms with E-state index in [1.165, 1.54) is 41.0 Å². The fraction of sp³-hybridized carbons (Fsp3) is 0.692. The van der Waals surface area contributed by atoms with E-state index >= 15 is 0 Å². The van der Waals surface area contributed by atoms with Gasteiger partial charge in [-0.15, -0.1) is 11.3 Å². The van der Waals surface area contributed by atoms with Crippen molar-refractivity contribution in [2.75, 3.05) is 19.6 Å². The number of hydrogen-bond donors (Lipinski definition) is 1. The molecule has 1 aliphatic rings. The molecule has 0 spiro atoms. The second-order valence-electron chi connectivity index (χ2n) is 4.87.